The maximum Gasteiger partial charge on any atom is 0.168 e. The van der Waals surface area contributed by atoms with E-state index in [1.165, 1.54) is 4.70 Å². The van der Waals surface area contributed by atoms with E-state index in [1.54, 1.807) is 11.3 Å². The van der Waals surface area contributed by atoms with Gasteiger partial charge in [-0.05, 0) is 18.1 Å². The molecule has 0 fully saturated rings. The largest absolute Gasteiger partial charge is 0.320 e. The molecule has 0 spiro atoms. The molecule has 3 heteroatoms. The van der Waals surface area contributed by atoms with E-state index in [1.807, 2.05) is 24.3 Å². The van der Waals surface area contributed by atoms with Crippen molar-refractivity contribution in [3.63, 3.8) is 0 Å². The number of aromatic nitrogens is 1. The molecule has 2 nitrogen and oxygen atoms in total. The van der Waals surface area contributed by atoms with E-state index in [9.17, 15) is 0 Å². The summed E-state index contributed by atoms with van der Waals surface area (Å²) in [5, 5.41) is 0.839. The maximum absolute atomic E-state index is 5.27. The van der Waals surface area contributed by atoms with Gasteiger partial charge in [0.1, 0.15) is 0 Å². The van der Waals surface area contributed by atoms with Crippen molar-refractivity contribution in [2.24, 2.45) is 5.73 Å². The quantitative estimate of drug-likeness (QED) is 0.638. The third-order valence-corrected chi connectivity index (χ3v) is 2.54. The zero-order valence-electron chi connectivity index (χ0n) is 6.95. The summed E-state index contributed by atoms with van der Waals surface area (Å²) >= 11 is 1.60. The molecule has 2 N–H and O–H groups in total. The highest BCUT2D eigenvalue weighted by Gasteiger charge is 1.98. The third-order valence-electron chi connectivity index (χ3n) is 1.59. The lowest BCUT2D eigenvalue weighted by Gasteiger charge is -1.80. The molecular weight excluding hydrogens is 180 g/mol. The van der Waals surface area contributed by atoms with E-state index in [4.69, 9.17) is 5.73 Å². The minimum absolute atomic E-state index is 0.385. The molecule has 0 aliphatic carbocycles. The van der Waals surface area contributed by atoms with Crippen LogP contribution in [-0.2, 0) is 0 Å². The zero-order valence-corrected chi connectivity index (χ0v) is 7.77. The molecule has 0 bridgehead atoms. The normalized spacial score (nSPS) is 9.62. The highest BCUT2D eigenvalue weighted by Crippen LogP contribution is 2.20. The molecule has 0 unspecified atom stereocenters. The Morgan fingerprint density at radius 1 is 1.38 bits per heavy atom. The average molecular weight is 188 g/mol. The van der Waals surface area contributed by atoms with Crippen molar-refractivity contribution in [1.82, 2.24) is 4.98 Å². The number of benzene rings is 1. The molecule has 0 amide bonds. The Balaban J connectivity index is 2.50. The number of thiazole rings is 1. The van der Waals surface area contributed by atoms with Crippen LogP contribution in [0.3, 0.4) is 0 Å². The monoisotopic (exact) mass is 188 g/mol. The van der Waals surface area contributed by atoms with Crippen LogP contribution in [0, 0.1) is 11.8 Å². The van der Waals surface area contributed by atoms with Crippen LogP contribution in [0.5, 0.6) is 0 Å². The number of nitrogens with two attached hydrogens (primary N) is 1. The van der Waals surface area contributed by atoms with Crippen LogP contribution in [0.15, 0.2) is 24.3 Å². The first kappa shape index (κ1) is 8.24. The summed E-state index contributed by atoms with van der Waals surface area (Å²) in [6.07, 6.45) is 0. The number of fused-ring (bicyclic) bond motifs is 1. The summed E-state index contributed by atoms with van der Waals surface area (Å²) in [6.45, 7) is 0.385. The molecule has 0 radical (unpaired) electrons. The molecule has 1 aromatic carbocycles. The van der Waals surface area contributed by atoms with Crippen LogP contribution in [0.2, 0.25) is 0 Å². The van der Waals surface area contributed by atoms with E-state index >= 15 is 0 Å². The number of rotatable bonds is 0. The standard InChI is InChI=1S/C10H8N2S/c11-7-3-6-10-12-8-4-1-2-5-9(8)13-10/h1-2,4-5H,7,11H2. The summed E-state index contributed by atoms with van der Waals surface area (Å²) in [5.74, 6) is 5.72. The molecule has 1 heterocycles. The van der Waals surface area contributed by atoms with Crippen molar-refractivity contribution in [2.45, 2.75) is 0 Å². The van der Waals surface area contributed by atoms with Crippen LogP contribution in [0.1, 0.15) is 5.01 Å². The number of nitrogens with zero attached hydrogens (tertiary/aromatic N) is 1. The lowest BCUT2D eigenvalue weighted by molar-refractivity contribution is 1.30. The van der Waals surface area contributed by atoms with Gasteiger partial charge in [-0.1, -0.05) is 18.1 Å². The fourth-order valence-corrected chi connectivity index (χ4v) is 1.89. The smallest absolute Gasteiger partial charge is 0.168 e. The molecule has 2 aromatic rings. The Bertz CT molecular complexity index is 443. The third kappa shape index (κ3) is 1.69. The van der Waals surface area contributed by atoms with Gasteiger partial charge in [0.05, 0.1) is 16.8 Å². The second-order valence-electron chi connectivity index (χ2n) is 2.49. The summed E-state index contributed by atoms with van der Waals surface area (Å²) < 4.78 is 1.17. The van der Waals surface area contributed by atoms with E-state index in [0.29, 0.717) is 6.54 Å². The van der Waals surface area contributed by atoms with E-state index in [-0.39, 0.29) is 0 Å². The fourth-order valence-electron chi connectivity index (χ4n) is 1.05. The minimum Gasteiger partial charge on any atom is -0.320 e. The topological polar surface area (TPSA) is 38.9 Å². The summed E-state index contributed by atoms with van der Waals surface area (Å²) in [4.78, 5) is 4.34. The number of para-hydroxylation sites is 1. The van der Waals surface area contributed by atoms with E-state index in [0.717, 1.165) is 10.5 Å². The second-order valence-corrected chi connectivity index (χ2v) is 3.52. The van der Waals surface area contributed by atoms with Gasteiger partial charge >= 0.3 is 0 Å². The van der Waals surface area contributed by atoms with Crippen LogP contribution in [-0.4, -0.2) is 11.5 Å². The van der Waals surface area contributed by atoms with Crippen LogP contribution in [0.25, 0.3) is 10.2 Å². The molecule has 13 heavy (non-hydrogen) atoms. The van der Waals surface area contributed by atoms with Crippen molar-refractivity contribution < 1.29 is 0 Å². The van der Waals surface area contributed by atoms with Crippen molar-refractivity contribution in [1.29, 1.82) is 0 Å². The van der Waals surface area contributed by atoms with Crippen LogP contribution >= 0.6 is 11.3 Å². The number of hydrogen-bond donors (Lipinski definition) is 1. The Kier molecular flexibility index (Phi) is 2.26. The lowest BCUT2D eigenvalue weighted by atomic mass is 10.3. The first-order chi connectivity index (χ1) is 6.40. The van der Waals surface area contributed by atoms with E-state index < -0.39 is 0 Å². The minimum atomic E-state index is 0.385. The molecule has 0 saturated carbocycles. The summed E-state index contributed by atoms with van der Waals surface area (Å²) in [5.41, 5.74) is 6.28. The molecule has 0 aliphatic heterocycles. The highest BCUT2D eigenvalue weighted by molar-refractivity contribution is 7.19. The Hall–Kier alpha value is -1.37. The van der Waals surface area contributed by atoms with Gasteiger partial charge in [0.25, 0.3) is 0 Å². The maximum atomic E-state index is 5.27. The van der Waals surface area contributed by atoms with Crippen molar-refractivity contribution >= 4 is 21.6 Å². The van der Waals surface area contributed by atoms with Gasteiger partial charge in [-0.25, -0.2) is 4.98 Å². The van der Waals surface area contributed by atoms with Crippen LogP contribution in [0.4, 0.5) is 0 Å². The van der Waals surface area contributed by atoms with Gasteiger partial charge < -0.3 is 5.73 Å². The van der Waals surface area contributed by atoms with Crippen molar-refractivity contribution in [2.75, 3.05) is 6.54 Å². The molecule has 0 aliphatic rings. The van der Waals surface area contributed by atoms with Gasteiger partial charge in [-0.2, -0.15) is 0 Å². The van der Waals surface area contributed by atoms with Gasteiger partial charge in [-0.3, -0.25) is 0 Å². The zero-order chi connectivity index (χ0) is 9.10. The summed E-state index contributed by atoms with van der Waals surface area (Å²) in [6, 6.07) is 8.00. The molecule has 0 atom stereocenters. The van der Waals surface area contributed by atoms with E-state index in [2.05, 4.69) is 16.8 Å². The molecule has 0 saturated heterocycles. The number of hydrogen-bond acceptors (Lipinski definition) is 3. The van der Waals surface area contributed by atoms with Gasteiger partial charge in [0, 0.05) is 0 Å². The second kappa shape index (κ2) is 3.56. The Morgan fingerprint density at radius 2 is 2.23 bits per heavy atom. The average Bonchev–Trinajstić information content (AvgIpc) is 2.57. The Labute approximate surface area is 80.4 Å². The van der Waals surface area contributed by atoms with Crippen molar-refractivity contribution in [3.8, 4) is 11.8 Å². The predicted octanol–water partition coefficient (Wildman–Crippen LogP) is 1.61. The predicted molar refractivity (Wildman–Crippen MR) is 55.6 cm³/mol. The first-order valence-corrected chi connectivity index (χ1v) is 4.76. The van der Waals surface area contributed by atoms with Crippen LogP contribution < -0.4 is 5.73 Å². The van der Waals surface area contributed by atoms with Gasteiger partial charge in [-0.15, -0.1) is 11.3 Å². The molecular formula is C10H8N2S. The molecule has 2 rings (SSSR count). The lowest BCUT2D eigenvalue weighted by Crippen LogP contribution is -1.92. The van der Waals surface area contributed by atoms with Gasteiger partial charge in [0.2, 0.25) is 0 Å². The fraction of sp³-hybridized carbons (Fsp3) is 0.100. The summed E-state index contributed by atoms with van der Waals surface area (Å²) in [7, 11) is 0. The van der Waals surface area contributed by atoms with Crippen molar-refractivity contribution in [3.05, 3.63) is 29.3 Å². The highest BCUT2D eigenvalue weighted by atomic mass is 32.1. The molecule has 1 aromatic heterocycles. The Morgan fingerprint density at radius 3 is 3.00 bits per heavy atom. The first-order valence-electron chi connectivity index (χ1n) is 3.94. The molecule has 64 valence electrons. The van der Waals surface area contributed by atoms with Gasteiger partial charge in [0.15, 0.2) is 5.01 Å². The SMILES string of the molecule is NCC#Cc1nc2ccccc2s1.